The molecule has 2 aliphatic rings. The van der Waals surface area contributed by atoms with E-state index in [1.165, 1.54) is 0 Å². The summed E-state index contributed by atoms with van der Waals surface area (Å²) in [6.45, 7) is 5.77. The zero-order valence-electron chi connectivity index (χ0n) is 16.5. The highest BCUT2D eigenvalue weighted by Crippen LogP contribution is 2.22. The molecular weight excluding hydrogens is 382 g/mol. The van der Waals surface area contributed by atoms with Gasteiger partial charge in [0.2, 0.25) is 5.88 Å². The quantitative estimate of drug-likeness (QED) is 0.739. The minimum absolute atomic E-state index is 0.00731. The van der Waals surface area contributed by atoms with Crippen LogP contribution in [0, 0.1) is 5.92 Å². The number of ether oxygens (including phenoxy) is 2. The lowest BCUT2D eigenvalue weighted by Crippen LogP contribution is -2.47. The van der Waals surface area contributed by atoms with E-state index in [4.69, 9.17) is 9.47 Å². The lowest BCUT2D eigenvalue weighted by atomic mass is 10.2. The minimum Gasteiger partial charge on any atom is -0.477 e. The van der Waals surface area contributed by atoms with E-state index in [-0.39, 0.29) is 29.7 Å². The smallest absolute Gasteiger partial charge is 0.322 e. The molecule has 0 aliphatic carbocycles. The molecular formula is C19H29N3O5S. The fourth-order valence-electron chi connectivity index (χ4n) is 3.41. The van der Waals surface area contributed by atoms with Gasteiger partial charge in [-0.25, -0.2) is 18.2 Å². The topological polar surface area (TPSA) is 97.8 Å². The Hall–Kier alpha value is -1.87. The predicted molar refractivity (Wildman–Crippen MR) is 106 cm³/mol. The molecule has 1 N–H and O–H groups in total. The van der Waals surface area contributed by atoms with E-state index < -0.39 is 9.84 Å². The second-order valence-corrected chi connectivity index (χ2v) is 10.1. The molecule has 0 unspecified atom stereocenters. The molecule has 2 amide bonds. The third-order valence-electron chi connectivity index (χ3n) is 4.89. The van der Waals surface area contributed by atoms with E-state index >= 15 is 0 Å². The summed E-state index contributed by atoms with van der Waals surface area (Å²) in [5.41, 5.74) is 0.542. The van der Waals surface area contributed by atoms with Crippen LogP contribution in [-0.4, -0.2) is 67.7 Å². The highest BCUT2D eigenvalue weighted by molar-refractivity contribution is 7.91. The Morgan fingerprint density at radius 1 is 1.39 bits per heavy atom. The van der Waals surface area contributed by atoms with Crippen molar-refractivity contribution in [2.75, 3.05) is 36.6 Å². The Labute approximate surface area is 166 Å². The van der Waals surface area contributed by atoms with E-state index in [1.54, 1.807) is 23.2 Å². The normalized spacial score (nSPS) is 23.7. The number of amides is 2. The van der Waals surface area contributed by atoms with Crippen LogP contribution in [0.3, 0.4) is 0 Å². The molecule has 9 heteroatoms. The van der Waals surface area contributed by atoms with Crippen molar-refractivity contribution in [1.29, 1.82) is 0 Å². The van der Waals surface area contributed by atoms with Crippen LogP contribution in [-0.2, 0) is 14.6 Å². The van der Waals surface area contributed by atoms with Gasteiger partial charge in [0.05, 0.1) is 36.1 Å². The van der Waals surface area contributed by atoms with Crippen molar-refractivity contribution in [3.05, 3.63) is 18.3 Å². The number of hydrogen-bond acceptors (Lipinski definition) is 6. The van der Waals surface area contributed by atoms with Crippen molar-refractivity contribution >= 4 is 21.6 Å². The number of hydrogen-bond donors (Lipinski definition) is 1. The number of aromatic nitrogens is 1. The first-order valence-corrected chi connectivity index (χ1v) is 11.6. The van der Waals surface area contributed by atoms with Gasteiger partial charge < -0.3 is 19.7 Å². The number of anilines is 1. The van der Waals surface area contributed by atoms with Crippen molar-refractivity contribution in [2.24, 2.45) is 5.92 Å². The van der Waals surface area contributed by atoms with Crippen LogP contribution in [0.25, 0.3) is 0 Å². The Morgan fingerprint density at radius 3 is 2.79 bits per heavy atom. The second kappa shape index (κ2) is 9.09. The van der Waals surface area contributed by atoms with Gasteiger partial charge in [-0.1, -0.05) is 13.8 Å². The molecule has 0 bridgehead atoms. The lowest BCUT2D eigenvalue weighted by molar-refractivity contribution is 0.0751. The Kier molecular flexibility index (Phi) is 6.77. The van der Waals surface area contributed by atoms with E-state index in [0.29, 0.717) is 43.7 Å². The molecule has 0 saturated carbocycles. The minimum atomic E-state index is -3.09. The van der Waals surface area contributed by atoms with Gasteiger partial charge in [-0.3, -0.25) is 0 Å². The number of urea groups is 1. The van der Waals surface area contributed by atoms with Crippen molar-refractivity contribution in [3.8, 4) is 5.88 Å². The fraction of sp³-hybridized carbons (Fsp3) is 0.684. The number of nitrogens with one attached hydrogen (secondary N) is 1. The maximum atomic E-state index is 12.9. The van der Waals surface area contributed by atoms with Crippen LogP contribution in [0.4, 0.5) is 10.5 Å². The van der Waals surface area contributed by atoms with Gasteiger partial charge in [-0.15, -0.1) is 0 Å². The van der Waals surface area contributed by atoms with Crippen LogP contribution >= 0.6 is 0 Å². The van der Waals surface area contributed by atoms with Gasteiger partial charge in [0, 0.05) is 25.3 Å². The molecule has 1 aromatic heterocycles. The van der Waals surface area contributed by atoms with Crippen LogP contribution in [0.1, 0.15) is 33.1 Å². The fourth-order valence-corrected chi connectivity index (χ4v) is 5.14. The molecule has 0 aromatic carbocycles. The Morgan fingerprint density at radius 2 is 2.21 bits per heavy atom. The zero-order chi connectivity index (χ0) is 20.1. The first-order chi connectivity index (χ1) is 13.3. The SMILES string of the molecule is CC(C)COc1ccc(NC(=O)N(C[C@@H]2CCCO2)[C@H]2CCS(=O)(=O)C2)cn1. The van der Waals surface area contributed by atoms with Crippen molar-refractivity contribution in [2.45, 2.75) is 45.3 Å². The first-order valence-electron chi connectivity index (χ1n) is 9.81. The van der Waals surface area contributed by atoms with Gasteiger partial charge in [-0.2, -0.15) is 0 Å². The predicted octanol–water partition coefficient (Wildman–Crippen LogP) is 2.32. The lowest BCUT2D eigenvalue weighted by Gasteiger charge is -2.30. The number of nitrogens with zero attached hydrogens (tertiary/aromatic N) is 2. The van der Waals surface area contributed by atoms with E-state index in [9.17, 15) is 13.2 Å². The van der Waals surface area contributed by atoms with Gasteiger partial charge in [0.25, 0.3) is 0 Å². The standard InChI is InChI=1S/C19H29N3O5S/c1-14(2)12-27-18-6-5-15(10-20-18)21-19(23)22(11-17-4-3-8-26-17)16-7-9-28(24,25)13-16/h5-6,10,14,16-17H,3-4,7-9,11-13H2,1-2H3,(H,21,23)/t16-,17-/m0/s1. The summed E-state index contributed by atoms with van der Waals surface area (Å²) in [6.07, 6.45) is 3.81. The number of carbonyl (C=O) groups excluding carboxylic acids is 1. The molecule has 2 saturated heterocycles. The summed E-state index contributed by atoms with van der Waals surface area (Å²) in [6, 6.07) is 2.80. The Balaban J connectivity index is 1.64. The van der Waals surface area contributed by atoms with Crippen LogP contribution < -0.4 is 10.1 Å². The average Bonchev–Trinajstić information content (AvgIpc) is 3.28. The molecule has 2 aliphatic heterocycles. The molecule has 0 spiro atoms. The van der Waals surface area contributed by atoms with Gasteiger partial charge in [-0.05, 0) is 31.2 Å². The van der Waals surface area contributed by atoms with Crippen LogP contribution in [0.5, 0.6) is 5.88 Å². The summed E-state index contributed by atoms with van der Waals surface area (Å²) in [5, 5.41) is 2.83. The number of pyridine rings is 1. The van der Waals surface area contributed by atoms with Crippen LogP contribution in [0.2, 0.25) is 0 Å². The monoisotopic (exact) mass is 411 g/mol. The number of rotatable bonds is 7. The first kappa shape index (κ1) is 20.9. The summed E-state index contributed by atoms with van der Waals surface area (Å²) in [4.78, 5) is 18.7. The van der Waals surface area contributed by atoms with Gasteiger partial charge in [0.15, 0.2) is 9.84 Å². The molecule has 8 nitrogen and oxygen atoms in total. The molecule has 2 fully saturated rings. The molecule has 2 atom stereocenters. The molecule has 1 aromatic rings. The third kappa shape index (κ3) is 5.81. The molecule has 28 heavy (non-hydrogen) atoms. The van der Waals surface area contributed by atoms with Crippen molar-refractivity contribution in [3.63, 3.8) is 0 Å². The third-order valence-corrected chi connectivity index (χ3v) is 6.64. The molecule has 3 rings (SSSR count). The van der Waals surface area contributed by atoms with Crippen molar-refractivity contribution < 1.29 is 22.7 Å². The van der Waals surface area contributed by atoms with E-state index in [2.05, 4.69) is 24.1 Å². The highest BCUT2D eigenvalue weighted by Gasteiger charge is 2.36. The summed E-state index contributed by atoms with van der Waals surface area (Å²) in [5.74, 6) is 1.03. The largest absolute Gasteiger partial charge is 0.477 e. The Bertz CT molecular complexity index is 760. The van der Waals surface area contributed by atoms with Gasteiger partial charge >= 0.3 is 6.03 Å². The highest BCUT2D eigenvalue weighted by atomic mass is 32.2. The van der Waals surface area contributed by atoms with E-state index in [1.807, 2.05) is 0 Å². The second-order valence-electron chi connectivity index (χ2n) is 7.86. The molecule has 0 radical (unpaired) electrons. The van der Waals surface area contributed by atoms with Gasteiger partial charge in [0.1, 0.15) is 0 Å². The summed E-state index contributed by atoms with van der Waals surface area (Å²) in [7, 11) is -3.09. The molecule has 3 heterocycles. The zero-order valence-corrected chi connectivity index (χ0v) is 17.3. The number of sulfone groups is 1. The van der Waals surface area contributed by atoms with Crippen LogP contribution in [0.15, 0.2) is 18.3 Å². The summed E-state index contributed by atoms with van der Waals surface area (Å²) >= 11 is 0. The maximum Gasteiger partial charge on any atom is 0.322 e. The maximum absolute atomic E-state index is 12.9. The molecule has 156 valence electrons. The average molecular weight is 412 g/mol. The number of carbonyl (C=O) groups is 1. The van der Waals surface area contributed by atoms with Crippen molar-refractivity contribution in [1.82, 2.24) is 9.88 Å². The summed E-state index contributed by atoms with van der Waals surface area (Å²) < 4.78 is 35.0. The van der Waals surface area contributed by atoms with E-state index in [0.717, 1.165) is 12.8 Å².